The number of likely N-dealkylation sites (tertiary alicyclic amines) is 1. The fourth-order valence-corrected chi connectivity index (χ4v) is 4.35. The molecule has 1 saturated heterocycles. The molecule has 2 aromatic rings. The SMILES string of the molecule is CC(C)(Cc1cccc(Cl)c1)C(=O)N1CCC(C(=O)O)(c2ccccc2)CC1. The van der Waals surface area contributed by atoms with Gasteiger partial charge in [0.25, 0.3) is 0 Å². The molecule has 1 aliphatic rings. The van der Waals surface area contributed by atoms with Gasteiger partial charge in [-0.2, -0.15) is 0 Å². The van der Waals surface area contributed by atoms with E-state index in [2.05, 4.69) is 0 Å². The van der Waals surface area contributed by atoms with Crippen LogP contribution in [0, 0.1) is 5.41 Å². The van der Waals surface area contributed by atoms with Crippen LogP contribution in [0.1, 0.15) is 37.8 Å². The zero-order chi connectivity index (χ0) is 20.4. The molecule has 28 heavy (non-hydrogen) atoms. The van der Waals surface area contributed by atoms with Crippen LogP contribution in [0.15, 0.2) is 54.6 Å². The number of benzene rings is 2. The fraction of sp³-hybridized carbons (Fsp3) is 0.391. The Balaban J connectivity index is 1.72. The summed E-state index contributed by atoms with van der Waals surface area (Å²) in [6, 6.07) is 16.9. The highest BCUT2D eigenvalue weighted by molar-refractivity contribution is 6.30. The normalized spacial score (nSPS) is 16.6. The van der Waals surface area contributed by atoms with E-state index in [1.807, 2.05) is 73.3 Å². The van der Waals surface area contributed by atoms with Crippen molar-refractivity contribution in [1.82, 2.24) is 4.90 Å². The molecule has 1 heterocycles. The van der Waals surface area contributed by atoms with Crippen LogP contribution in [0.3, 0.4) is 0 Å². The number of hydrogen-bond acceptors (Lipinski definition) is 2. The third-order valence-corrected chi connectivity index (χ3v) is 5.99. The van der Waals surface area contributed by atoms with Gasteiger partial charge in [-0.05, 0) is 42.5 Å². The van der Waals surface area contributed by atoms with Gasteiger partial charge in [0, 0.05) is 23.5 Å². The van der Waals surface area contributed by atoms with Crippen molar-refractivity contribution in [3.8, 4) is 0 Å². The predicted octanol–water partition coefficient (Wildman–Crippen LogP) is 4.55. The summed E-state index contributed by atoms with van der Waals surface area (Å²) in [4.78, 5) is 27.1. The summed E-state index contributed by atoms with van der Waals surface area (Å²) in [6.45, 7) is 4.76. The lowest BCUT2D eigenvalue weighted by molar-refractivity contribution is -0.150. The van der Waals surface area contributed by atoms with Crippen molar-refractivity contribution in [3.63, 3.8) is 0 Å². The van der Waals surface area contributed by atoms with Gasteiger partial charge in [0.15, 0.2) is 0 Å². The summed E-state index contributed by atoms with van der Waals surface area (Å²) in [6.07, 6.45) is 1.43. The lowest BCUT2D eigenvalue weighted by atomic mass is 9.72. The van der Waals surface area contributed by atoms with Crippen LogP contribution < -0.4 is 0 Å². The van der Waals surface area contributed by atoms with Crippen LogP contribution in [0.4, 0.5) is 0 Å². The van der Waals surface area contributed by atoms with Gasteiger partial charge in [0.1, 0.15) is 0 Å². The molecule has 0 spiro atoms. The largest absolute Gasteiger partial charge is 0.481 e. The Labute approximate surface area is 171 Å². The Morgan fingerprint density at radius 1 is 1.07 bits per heavy atom. The Hall–Kier alpha value is -2.33. The van der Waals surface area contributed by atoms with E-state index < -0.39 is 16.8 Å². The van der Waals surface area contributed by atoms with Gasteiger partial charge >= 0.3 is 5.97 Å². The first-order valence-electron chi connectivity index (χ1n) is 9.57. The van der Waals surface area contributed by atoms with E-state index >= 15 is 0 Å². The second-order valence-electron chi connectivity index (χ2n) is 8.24. The van der Waals surface area contributed by atoms with E-state index in [1.165, 1.54) is 0 Å². The number of carbonyl (C=O) groups is 2. The number of carbonyl (C=O) groups excluding carboxylic acids is 1. The number of carboxylic acid groups (broad SMARTS) is 1. The van der Waals surface area contributed by atoms with Gasteiger partial charge < -0.3 is 10.0 Å². The number of carboxylic acids is 1. The molecule has 4 nitrogen and oxygen atoms in total. The summed E-state index contributed by atoms with van der Waals surface area (Å²) in [5.41, 5.74) is 0.329. The van der Waals surface area contributed by atoms with Gasteiger partial charge in [-0.1, -0.05) is 67.9 Å². The van der Waals surface area contributed by atoms with Crippen molar-refractivity contribution in [2.24, 2.45) is 5.41 Å². The second kappa shape index (κ2) is 7.96. The Kier molecular flexibility index (Phi) is 5.80. The summed E-state index contributed by atoms with van der Waals surface area (Å²) in [5.74, 6) is -0.761. The molecule has 1 aliphatic heterocycles. The Bertz CT molecular complexity index is 855. The van der Waals surface area contributed by atoms with Crippen molar-refractivity contribution in [2.75, 3.05) is 13.1 Å². The average Bonchev–Trinajstić information content (AvgIpc) is 2.67. The fourth-order valence-electron chi connectivity index (χ4n) is 4.14. The molecule has 1 N–H and O–H groups in total. The van der Waals surface area contributed by atoms with Crippen molar-refractivity contribution in [3.05, 3.63) is 70.7 Å². The number of piperidine rings is 1. The molecule has 0 saturated carbocycles. The van der Waals surface area contributed by atoms with E-state index in [0.29, 0.717) is 37.4 Å². The molecule has 1 amide bonds. The van der Waals surface area contributed by atoms with Crippen molar-refractivity contribution in [1.29, 1.82) is 0 Å². The van der Waals surface area contributed by atoms with Crippen LogP contribution in [-0.2, 0) is 21.4 Å². The lowest BCUT2D eigenvalue weighted by Gasteiger charge is -2.41. The van der Waals surface area contributed by atoms with Crippen molar-refractivity contribution in [2.45, 2.75) is 38.5 Å². The first-order valence-corrected chi connectivity index (χ1v) is 9.95. The number of hydrogen-bond donors (Lipinski definition) is 1. The summed E-state index contributed by atoms with van der Waals surface area (Å²) >= 11 is 6.07. The summed E-state index contributed by atoms with van der Waals surface area (Å²) < 4.78 is 0. The molecule has 2 aromatic carbocycles. The smallest absolute Gasteiger partial charge is 0.314 e. The molecule has 0 aliphatic carbocycles. The molecular formula is C23H26ClNO3. The van der Waals surface area contributed by atoms with Gasteiger partial charge in [0.05, 0.1) is 5.41 Å². The van der Waals surface area contributed by atoms with E-state index in [9.17, 15) is 14.7 Å². The molecule has 0 radical (unpaired) electrons. The van der Waals surface area contributed by atoms with Gasteiger partial charge in [0.2, 0.25) is 5.91 Å². The standard InChI is InChI=1S/C23H26ClNO3/c1-22(2,16-17-7-6-10-19(24)15-17)20(26)25-13-11-23(12-14-25,21(27)28)18-8-4-3-5-9-18/h3-10,15H,11-14,16H2,1-2H3,(H,27,28). The number of rotatable bonds is 5. The quantitative estimate of drug-likeness (QED) is 0.802. The van der Waals surface area contributed by atoms with Crippen molar-refractivity contribution < 1.29 is 14.7 Å². The molecule has 0 unspecified atom stereocenters. The highest BCUT2D eigenvalue weighted by atomic mass is 35.5. The average molecular weight is 400 g/mol. The molecular weight excluding hydrogens is 374 g/mol. The van der Waals surface area contributed by atoms with E-state index in [-0.39, 0.29) is 5.91 Å². The van der Waals surface area contributed by atoms with Crippen LogP contribution in [0.2, 0.25) is 5.02 Å². The second-order valence-corrected chi connectivity index (χ2v) is 8.67. The van der Waals surface area contributed by atoms with Gasteiger partial charge in [-0.15, -0.1) is 0 Å². The Morgan fingerprint density at radius 2 is 1.71 bits per heavy atom. The molecule has 148 valence electrons. The Morgan fingerprint density at radius 3 is 2.29 bits per heavy atom. The topological polar surface area (TPSA) is 57.6 Å². The minimum absolute atomic E-state index is 0.0551. The van der Waals surface area contributed by atoms with Crippen LogP contribution >= 0.6 is 11.6 Å². The monoisotopic (exact) mass is 399 g/mol. The minimum atomic E-state index is -0.921. The number of amides is 1. The maximum Gasteiger partial charge on any atom is 0.314 e. The third-order valence-electron chi connectivity index (χ3n) is 5.75. The van der Waals surface area contributed by atoms with E-state index in [4.69, 9.17) is 11.6 Å². The maximum absolute atomic E-state index is 13.2. The third kappa shape index (κ3) is 4.07. The van der Waals surface area contributed by atoms with E-state index in [1.54, 1.807) is 0 Å². The zero-order valence-corrected chi connectivity index (χ0v) is 17.1. The molecule has 0 bridgehead atoms. The molecule has 5 heteroatoms. The highest BCUT2D eigenvalue weighted by Gasteiger charge is 2.45. The predicted molar refractivity (Wildman–Crippen MR) is 111 cm³/mol. The molecule has 0 aromatic heterocycles. The number of halogens is 1. The summed E-state index contributed by atoms with van der Waals surface area (Å²) in [5, 5.41) is 10.6. The van der Waals surface area contributed by atoms with E-state index in [0.717, 1.165) is 11.1 Å². The van der Waals surface area contributed by atoms with Gasteiger partial charge in [-0.25, -0.2) is 0 Å². The van der Waals surface area contributed by atoms with Gasteiger partial charge in [-0.3, -0.25) is 9.59 Å². The van der Waals surface area contributed by atoms with Crippen molar-refractivity contribution >= 4 is 23.5 Å². The molecule has 3 rings (SSSR count). The molecule has 0 atom stereocenters. The van der Waals surface area contributed by atoms with Crippen LogP contribution in [0.25, 0.3) is 0 Å². The first-order chi connectivity index (χ1) is 13.2. The van der Waals surface area contributed by atoms with Crippen LogP contribution in [0.5, 0.6) is 0 Å². The van der Waals surface area contributed by atoms with Crippen LogP contribution in [-0.4, -0.2) is 35.0 Å². The lowest BCUT2D eigenvalue weighted by Crippen LogP contribution is -2.52. The summed E-state index contributed by atoms with van der Waals surface area (Å²) in [7, 11) is 0. The number of nitrogens with zero attached hydrogens (tertiary/aromatic N) is 1. The first kappa shape index (κ1) is 20.4. The minimum Gasteiger partial charge on any atom is -0.481 e. The zero-order valence-electron chi connectivity index (χ0n) is 16.3. The highest BCUT2D eigenvalue weighted by Crippen LogP contribution is 2.37. The number of aliphatic carboxylic acids is 1. The molecule has 1 fully saturated rings. The maximum atomic E-state index is 13.2.